The number of nitrogens with zero attached hydrogens (tertiary/aromatic N) is 1. The molecule has 16 heteroatoms. The zero-order chi connectivity index (χ0) is 28.6. The third-order valence-electron chi connectivity index (χ3n) is 6.92. The van der Waals surface area contributed by atoms with Gasteiger partial charge in [-0.3, -0.25) is 0 Å². The summed E-state index contributed by atoms with van der Waals surface area (Å²) in [4.78, 5) is 0. The second-order valence-electron chi connectivity index (χ2n) is 9.47. The number of alkyl halides is 6. The zero-order valence-corrected chi connectivity index (χ0v) is 22.5. The molecule has 3 heterocycles. The van der Waals surface area contributed by atoms with Crippen LogP contribution in [0.25, 0.3) is 0 Å². The van der Waals surface area contributed by atoms with Crippen LogP contribution in [0.2, 0.25) is 10.0 Å². The third-order valence-corrected chi connectivity index (χ3v) is 10.5. The molecule has 0 aliphatic carbocycles. The van der Waals surface area contributed by atoms with Crippen molar-refractivity contribution in [2.75, 3.05) is 18.8 Å². The lowest BCUT2D eigenvalue weighted by atomic mass is 9.85. The molecule has 39 heavy (non-hydrogen) atoms. The molecule has 2 aromatic carbocycles. The summed E-state index contributed by atoms with van der Waals surface area (Å²) in [5.74, 6) is -2.28. The van der Waals surface area contributed by atoms with Crippen molar-refractivity contribution in [3.05, 3.63) is 68.4 Å². The van der Waals surface area contributed by atoms with E-state index in [-0.39, 0.29) is 41.9 Å². The van der Waals surface area contributed by atoms with Gasteiger partial charge in [0.05, 0.1) is 27.9 Å². The van der Waals surface area contributed by atoms with Gasteiger partial charge >= 0.3 is 12.4 Å². The molecule has 5 rings (SSSR count). The highest BCUT2D eigenvalue weighted by molar-refractivity contribution is 7.99. The Morgan fingerprint density at radius 2 is 1.72 bits per heavy atom. The molecule has 3 aliphatic rings. The standard InChI is InChI=1S/C23H17Cl2F7N2O3S2/c24-15-6-12(7-16(25)18(15)26)21(23(30,31)32)8-17(34-38-21)11-1-2-14-13(5-11)19(37-20(14)9-33-10-20)39(35,36)4-3-22(27,28)29/h1-2,5-7,19,33H,3-4,8-10H2. The number of ether oxygens (including phenoxy) is 1. The Labute approximate surface area is 232 Å². The first-order valence-electron chi connectivity index (χ1n) is 11.3. The molecule has 1 N–H and O–H groups in total. The number of fused-ring (bicyclic) bond motifs is 2. The van der Waals surface area contributed by atoms with Gasteiger partial charge in [-0.05, 0) is 46.8 Å². The summed E-state index contributed by atoms with van der Waals surface area (Å²) in [6.07, 6.45) is -11.9. The van der Waals surface area contributed by atoms with Crippen molar-refractivity contribution in [1.29, 1.82) is 0 Å². The van der Waals surface area contributed by atoms with Crippen LogP contribution in [0.3, 0.4) is 0 Å². The van der Waals surface area contributed by atoms with Gasteiger partial charge in [0, 0.05) is 25.1 Å². The van der Waals surface area contributed by atoms with Crippen LogP contribution in [-0.2, 0) is 24.9 Å². The molecule has 1 fully saturated rings. The first-order valence-corrected chi connectivity index (χ1v) is 14.5. The summed E-state index contributed by atoms with van der Waals surface area (Å²) in [5.41, 5.74) is -2.67. The van der Waals surface area contributed by atoms with Gasteiger partial charge in [-0.1, -0.05) is 35.3 Å². The fraction of sp³-hybridized carbons (Fsp3) is 0.435. The van der Waals surface area contributed by atoms with Crippen molar-refractivity contribution in [3.63, 3.8) is 0 Å². The molecule has 2 aromatic rings. The Balaban J connectivity index is 1.52. The quantitative estimate of drug-likeness (QED) is 0.227. The van der Waals surface area contributed by atoms with Crippen LogP contribution in [-0.4, -0.2) is 45.3 Å². The molecule has 0 amide bonds. The molecule has 0 bridgehead atoms. The van der Waals surface area contributed by atoms with Gasteiger partial charge in [0.2, 0.25) is 0 Å². The Morgan fingerprint density at radius 3 is 2.26 bits per heavy atom. The minimum Gasteiger partial charge on any atom is -0.344 e. The van der Waals surface area contributed by atoms with Crippen LogP contribution in [0, 0.1) is 5.82 Å². The van der Waals surface area contributed by atoms with Gasteiger partial charge in [0.15, 0.2) is 25.8 Å². The van der Waals surface area contributed by atoms with Crippen molar-refractivity contribution in [1.82, 2.24) is 5.32 Å². The molecule has 1 spiro atoms. The van der Waals surface area contributed by atoms with Crippen LogP contribution in [0.1, 0.15) is 40.5 Å². The van der Waals surface area contributed by atoms with E-state index < -0.39 is 78.0 Å². The van der Waals surface area contributed by atoms with Crippen LogP contribution in [0.15, 0.2) is 34.7 Å². The first kappa shape index (κ1) is 28.9. The maximum atomic E-state index is 14.5. The summed E-state index contributed by atoms with van der Waals surface area (Å²) in [6.45, 7) is 0.426. The maximum absolute atomic E-state index is 14.5. The molecule has 1 saturated heterocycles. The van der Waals surface area contributed by atoms with Gasteiger partial charge in [-0.2, -0.15) is 26.3 Å². The maximum Gasteiger partial charge on any atom is 0.409 e. The molecule has 212 valence electrons. The molecule has 2 unspecified atom stereocenters. The average Bonchev–Trinajstić information content (AvgIpc) is 3.41. The number of hydrogen-bond donors (Lipinski definition) is 1. The molecular weight excluding hydrogens is 620 g/mol. The fourth-order valence-electron chi connectivity index (χ4n) is 4.79. The largest absolute Gasteiger partial charge is 0.409 e. The Kier molecular flexibility index (Phi) is 7.03. The number of hydrogen-bond acceptors (Lipinski definition) is 6. The summed E-state index contributed by atoms with van der Waals surface area (Å²) in [5, 5.41) is 1.74. The van der Waals surface area contributed by atoms with Crippen molar-refractivity contribution in [3.8, 4) is 0 Å². The Hall–Kier alpha value is -1.58. The number of halogens is 9. The number of rotatable bonds is 5. The highest BCUT2D eigenvalue weighted by atomic mass is 35.5. The summed E-state index contributed by atoms with van der Waals surface area (Å²) < 4.78 is 129. The van der Waals surface area contributed by atoms with E-state index in [2.05, 4.69) is 9.71 Å². The highest BCUT2D eigenvalue weighted by Crippen LogP contribution is 2.58. The van der Waals surface area contributed by atoms with Gasteiger partial charge in [0.1, 0.15) is 5.60 Å². The summed E-state index contributed by atoms with van der Waals surface area (Å²) >= 11 is 11.7. The lowest BCUT2D eigenvalue weighted by Gasteiger charge is -2.39. The SMILES string of the molecule is O=S(=O)(CCC(F)(F)F)C1OC2(CNC2)c2ccc(C3=NSC(c4cc(Cl)c(F)c(Cl)c4)(C(F)(F)F)C3)cc21. The van der Waals surface area contributed by atoms with E-state index in [1.807, 2.05) is 0 Å². The Morgan fingerprint density at radius 1 is 1.08 bits per heavy atom. The topological polar surface area (TPSA) is 67.8 Å². The van der Waals surface area contributed by atoms with Crippen molar-refractivity contribution in [2.45, 2.75) is 41.0 Å². The van der Waals surface area contributed by atoms with E-state index in [9.17, 15) is 39.2 Å². The predicted molar refractivity (Wildman–Crippen MR) is 132 cm³/mol. The number of benzene rings is 2. The fourth-order valence-corrected chi connectivity index (χ4v) is 7.88. The van der Waals surface area contributed by atoms with E-state index in [1.54, 1.807) is 0 Å². The van der Waals surface area contributed by atoms with E-state index in [0.717, 1.165) is 12.1 Å². The van der Waals surface area contributed by atoms with Crippen molar-refractivity contribution in [2.24, 2.45) is 4.40 Å². The molecule has 0 radical (unpaired) electrons. The summed E-state index contributed by atoms with van der Waals surface area (Å²) in [7, 11) is -4.46. The first-order chi connectivity index (χ1) is 18.0. The third kappa shape index (κ3) is 4.94. The highest BCUT2D eigenvalue weighted by Gasteiger charge is 2.60. The van der Waals surface area contributed by atoms with Crippen LogP contribution < -0.4 is 5.32 Å². The van der Waals surface area contributed by atoms with Gasteiger partial charge in [-0.15, -0.1) is 0 Å². The molecule has 0 aromatic heterocycles. The van der Waals surface area contributed by atoms with Crippen LogP contribution in [0.5, 0.6) is 0 Å². The minimum atomic E-state index is -4.89. The van der Waals surface area contributed by atoms with Gasteiger partial charge < -0.3 is 10.1 Å². The van der Waals surface area contributed by atoms with E-state index in [0.29, 0.717) is 5.56 Å². The number of sulfone groups is 1. The lowest BCUT2D eigenvalue weighted by molar-refractivity contribution is -0.159. The number of nitrogens with one attached hydrogen (secondary N) is 1. The summed E-state index contributed by atoms with van der Waals surface area (Å²) in [6, 6.07) is 5.92. The Bertz CT molecular complexity index is 1450. The van der Waals surface area contributed by atoms with Crippen molar-refractivity contribution < 1.29 is 43.9 Å². The smallest absolute Gasteiger partial charge is 0.344 e. The zero-order valence-electron chi connectivity index (χ0n) is 19.4. The predicted octanol–water partition coefficient (Wildman–Crippen LogP) is 6.63. The normalized spacial score (nSPS) is 24.5. The van der Waals surface area contributed by atoms with Crippen LogP contribution >= 0.6 is 35.1 Å². The monoisotopic (exact) mass is 636 g/mol. The minimum absolute atomic E-state index is 0.0567. The van der Waals surface area contributed by atoms with E-state index >= 15 is 0 Å². The van der Waals surface area contributed by atoms with E-state index in [4.69, 9.17) is 27.9 Å². The molecular formula is C23H17Cl2F7N2O3S2. The van der Waals surface area contributed by atoms with Crippen molar-refractivity contribution >= 4 is 50.7 Å². The lowest BCUT2D eigenvalue weighted by Crippen LogP contribution is -2.57. The van der Waals surface area contributed by atoms with Gasteiger partial charge in [-0.25, -0.2) is 17.2 Å². The molecule has 2 atom stereocenters. The molecule has 5 nitrogen and oxygen atoms in total. The molecule has 0 saturated carbocycles. The molecule has 3 aliphatic heterocycles. The van der Waals surface area contributed by atoms with Crippen LogP contribution in [0.4, 0.5) is 30.7 Å². The second kappa shape index (κ2) is 9.48. The second-order valence-corrected chi connectivity index (χ2v) is 13.5. The van der Waals surface area contributed by atoms with E-state index in [1.165, 1.54) is 18.2 Å². The van der Waals surface area contributed by atoms with Gasteiger partial charge in [0.25, 0.3) is 0 Å². The average molecular weight is 637 g/mol.